The standard InChI is InChI=1S/C13H26N2O2/c1-10(2)8-15-13(16)11(3)17-9-12-4-6-14-7-5-12/h10-12,14H,4-9H2,1-3H3,(H,15,16). The third-order valence-corrected chi connectivity index (χ3v) is 3.09. The Hall–Kier alpha value is -0.610. The normalized spacial score (nSPS) is 19.3. The fourth-order valence-electron chi connectivity index (χ4n) is 1.85. The van der Waals surface area contributed by atoms with E-state index in [0.717, 1.165) is 32.5 Å². The first-order chi connectivity index (χ1) is 8.09. The Kier molecular flexibility index (Phi) is 6.52. The van der Waals surface area contributed by atoms with Crippen molar-refractivity contribution in [2.24, 2.45) is 11.8 Å². The zero-order valence-electron chi connectivity index (χ0n) is 11.3. The highest BCUT2D eigenvalue weighted by Crippen LogP contribution is 2.12. The Labute approximate surface area is 104 Å². The number of carbonyl (C=O) groups is 1. The van der Waals surface area contributed by atoms with Crippen LogP contribution in [0, 0.1) is 11.8 Å². The van der Waals surface area contributed by atoms with E-state index < -0.39 is 0 Å². The van der Waals surface area contributed by atoms with Crippen LogP contribution in [-0.2, 0) is 9.53 Å². The Bertz CT molecular complexity index is 225. The van der Waals surface area contributed by atoms with Gasteiger partial charge >= 0.3 is 0 Å². The summed E-state index contributed by atoms with van der Waals surface area (Å²) in [6, 6.07) is 0. The van der Waals surface area contributed by atoms with E-state index in [1.807, 2.05) is 6.92 Å². The summed E-state index contributed by atoms with van der Waals surface area (Å²) in [7, 11) is 0. The quantitative estimate of drug-likeness (QED) is 0.735. The van der Waals surface area contributed by atoms with Gasteiger partial charge in [0.15, 0.2) is 0 Å². The highest BCUT2D eigenvalue weighted by atomic mass is 16.5. The monoisotopic (exact) mass is 242 g/mol. The maximum Gasteiger partial charge on any atom is 0.248 e. The predicted molar refractivity (Wildman–Crippen MR) is 68.9 cm³/mol. The number of hydrogen-bond acceptors (Lipinski definition) is 3. The first-order valence-electron chi connectivity index (χ1n) is 6.69. The molecule has 0 saturated carbocycles. The molecule has 1 amide bonds. The third-order valence-electron chi connectivity index (χ3n) is 3.09. The SMILES string of the molecule is CC(C)CNC(=O)C(C)OCC1CCNCC1. The van der Waals surface area contributed by atoms with Crippen molar-refractivity contribution in [3.05, 3.63) is 0 Å². The van der Waals surface area contributed by atoms with Gasteiger partial charge in [-0.25, -0.2) is 0 Å². The summed E-state index contributed by atoms with van der Waals surface area (Å²) in [6.07, 6.45) is 1.98. The first kappa shape index (κ1) is 14.5. The van der Waals surface area contributed by atoms with Gasteiger partial charge in [-0.2, -0.15) is 0 Å². The lowest BCUT2D eigenvalue weighted by Crippen LogP contribution is -2.38. The minimum absolute atomic E-state index is 0.00707. The van der Waals surface area contributed by atoms with Crippen LogP contribution in [0.25, 0.3) is 0 Å². The van der Waals surface area contributed by atoms with E-state index in [9.17, 15) is 4.79 Å². The Morgan fingerprint density at radius 3 is 2.59 bits per heavy atom. The first-order valence-corrected chi connectivity index (χ1v) is 6.69. The smallest absolute Gasteiger partial charge is 0.248 e. The van der Waals surface area contributed by atoms with Crippen molar-refractivity contribution in [3.8, 4) is 0 Å². The number of hydrogen-bond donors (Lipinski definition) is 2. The van der Waals surface area contributed by atoms with Gasteiger partial charge in [0.2, 0.25) is 5.91 Å². The van der Waals surface area contributed by atoms with Crippen LogP contribution in [-0.4, -0.2) is 38.3 Å². The van der Waals surface area contributed by atoms with Crippen molar-refractivity contribution in [1.82, 2.24) is 10.6 Å². The van der Waals surface area contributed by atoms with Crippen molar-refractivity contribution < 1.29 is 9.53 Å². The van der Waals surface area contributed by atoms with Gasteiger partial charge in [-0.15, -0.1) is 0 Å². The number of amides is 1. The molecule has 0 radical (unpaired) electrons. The maximum absolute atomic E-state index is 11.7. The molecular weight excluding hydrogens is 216 g/mol. The minimum atomic E-state index is -0.330. The second-order valence-electron chi connectivity index (χ2n) is 5.31. The lowest BCUT2D eigenvalue weighted by atomic mass is 9.99. The zero-order chi connectivity index (χ0) is 12.7. The van der Waals surface area contributed by atoms with Gasteiger partial charge in [-0.1, -0.05) is 13.8 Å². The van der Waals surface area contributed by atoms with Crippen LogP contribution in [0.4, 0.5) is 0 Å². The molecule has 1 aliphatic rings. The highest BCUT2D eigenvalue weighted by Gasteiger charge is 2.18. The van der Waals surface area contributed by atoms with Gasteiger partial charge < -0.3 is 15.4 Å². The molecule has 0 aromatic rings. The van der Waals surface area contributed by atoms with Gasteiger partial charge in [0.25, 0.3) is 0 Å². The molecule has 1 saturated heterocycles. The van der Waals surface area contributed by atoms with Gasteiger partial charge in [0.05, 0.1) is 6.61 Å². The molecular formula is C13H26N2O2. The number of ether oxygens (including phenoxy) is 1. The third kappa shape index (κ3) is 6.03. The minimum Gasteiger partial charge on any atom is -0.368 e. The molecule has 0 bridgehead atoms. The van der Waals surface area contributed by atoms with Crippen LogP contribution in [0.1, 0.15) is 33.6 Å². The number of carbonyl (C=O) groups excluding carboxylic acids is 1. The van der Waals surface area contributed by atoms with Gasteiger partial charge in [-0.05, 0) is 44.7 Å². The summed E-state index contributed by atoms with van der Waals surface area (Å²) in [5.41, 5.74) is 0. The number of rotatable bonds is 6. The average molecular weight is 242 g/mol. The molecule has 100 valence electrons. The lowest BCUT2D eigenvalue weighted by molar-refractivity contribution is -0.132. The Morgan fingerprint density at radius 1 is 1.35 bits per heavy atom. The molecule has 1 fully saturated rings. The van der Waals surface area contributed by atoms with Crippen LogP contribution in [0.15, 0.2) is 0 Å². The lowest BCUT2D eigenvalue weighted by Gasteiger charge is -2.24. The van der Waals surface area contributed by atoms with E-state index in [0.29, 0.717) is 18.4 Å². The van der Waals surface area contributed by atoms with Crippen LogP contribution in [0.3, 0.4) is 0 Å². The molecule has 2 N–H and O–H groups in total. The van der Waals surface area contributed by atoms with Gasteiger partial charge in [0, 0.05) is 6.54 Å². The molecule has 17 heavy (non-hydrogen) atoms. The molecule has 0 aliphatic carbocycles. The summed E-state index contributed by atoms with van der Waals surface area (Å²) in [5, 5.41) is 6.22. The Balaban J connectivity index is 2.14. The fourth-order valence-corrected chi connectivity index (χ4v) is 1.85. The molecule has 0 aromatic heterocycles. The van der Waals surface area contributed by atoms with Crippen LogP contribution >= 0.6 is 0 Å². The average Bonchev–Trinajstić information content (AvgIpc) is 2.34. The molecule has 0 aromatic carbocycles. The van der Waals surface area contributed by atoms with E-state index in [1.165, 1.54) is 0 Å². The molecule has 1 atom stereocenters. The van der Waals surface area contributed by atoms with Crippen LogP contribution in [0.5, 0.6) is 0 Å². The Morgan fingerprint density at radius 2 is 2.00 bits per heavy atom. The largest absolute Gasteiger partial charge is 0.368 e. The molecule has 1 unspecified atom stereocenters. The van der Waals surface area contributed by atoms with E-state index >= 15 is 0 Å². The second-order valence-corrected chi connectivity index (χ2v) is 5.31. The maximum atomic E-state index is 11.7. The summed E-state index contributed by atoms with van der Waals surface area (Å²) in [4.78, 5) is 11.7. The van der Waals surface area contributed by atoms with Crippen LogP contribution in [0.2, 0.25) is 0 Å². The van der Waals surface area contributed by atoms with Crippen molar-refractivity contribution in [1.29, 1.82) is 0 Å². The number of nitrogens with one attached hydrogen (secondary N) is 2. The van der Waals surface area contributed by atoms with Crippen molar-refractivity contribution in [2.75, 3.05) is 26.2 Å². The van der Waals surface area contributed by atoms with E-state index in [1.54, 1.807) is 0 Å². The van der Waals surface area contributed by atoms with Gasteiger partial charge in [-0.3, -0.25) is 4.79 Å². The van der Waals surface area contributed by atoms with Gasteiger partial charge in [0.1, 0.15) is 6.10 Å². The topological polar surface area (TPSA) is 50.4 Å². The predicted octanol–water partition coefficient (Wildman–Crippen LogP) is 1.16. The summed E-state index contributed by atoms with van der Waals surface area (Å²) in [6.45, 7) is 9.57. The van der Waals surface area contributed by atoms with E-state index in [2.05, 4.69) is 24.5 Å². The molecule has 4 nitrogen and oxygen atoms in total. The fraction of sp³-hybridized carbons (Fsp3) is 0.923. The summed E-state index contributed by atoms with van der Waals surface area (Å²) >= 11 is 0. The second kappa shape index (κ2) is 7.67. The zero-order valence-corrected chi connectivity index (χ0v) is 11.3. The van der Waals surface area contributed by atoms with E-state index in [-0.39, 0.29) is 12.0 Å². The number of piperidine rings is 1. The molecule has 4 heteroatoms. The molecule has 1 heterocycles. The van der Waals surface area contributed by atoms with Crippen molar-refractivity contribution in [2.45, 2.75) is 39.7 Å². The summed E-state index contributed by atoms with van der Waals surface area (Å²) in [5.74, 6) is 1.10. The molecule has 0 spiro atoms. The highest BCUT2D eigenvalue weighted by molar-refractivity contribution is 5.80. The van der Waals surface area contributed by atoms with E-state index in [4.69, 9.17) is 4.74 Å². The molecule has 1 rings (SSSR count). The van der Waals surface area contributed by atoms with Crippen LogP contribution < -0.4 is 10.6 Å². The summed E-state index contributed by atoms with van der Waals surface area (Å²) < 4.78 is 5.64. The van der Waals surface area contributed by atoms with Crippen molar-refractivity contribution in [3.63, 3.8) is 0 Å². The molecule has 1 aliphatic heterocycles. The van der Waals surface area contributed by atoms with Crippen molar-refractivity contribution >= 4 is 5.91 Å².